The molecule has 0 radical (unpaired) electrons. The Morgan fingerprint density at radius 3 is 2.50 bits per heavy atom. The van der Waals surface area contributed by atoms with E-state index in [2.05, 4.69) is 13.8 Å². The molecule has 2 heteroatoms. The van der Waals surface area contributed by atoms with Crippen molar-refractivity contribution in [1.29, 1.82) is 0 Å². The van der Waals surface area contributed by atoms with Crippen molar-refractivity contribution in [3.05, 3.63) is 29.3 Å². The van der Waals surface area contributed by atoms with Gasteiger partial charge in [-0.2, -0.15) is 0 Å². The highest BCUT2D eigenvalue weighted by Crippen LogP contribution is 2.19. The molecule has 0 amide bonds. The van der Waals surface area contributed by atoms with Crippen molar-refractivity contribution >= 4 is 0 Å². The van der Waals surface area contributed by atoms with Crippen LogP contribution in [0, 0.1) is 5.92 Å². The second-order valence-corrected chi connectivity index (χ2v) is 5.51. The van der Waals surface area contributed by atoms with E-state index in [0.717, 1.165) is 17.9 Å². The average molecular weight is 249 g/mol. The van der Waals surface area contributed by atoms with Gasteiger partial charge < -0.3 is 10.8 Å². The Labute approximate surface area is 111 Å². The van der Waals surface area contributed by atoms with E-state index in [1.807, 2.05) is 12.1 Å². The summed E-state index contributed by atoms with van der Waals surface area (Å²) in [6.07, 6.45) is 7.64. The minimum Gasteiger partial charge on any atom is -0.508 e. The number of aryl methyl sites for hydroxylation is 1. The van der Waals surface area contributed by atoms with Crippen LogP contribution >= 0.6 is 0 Å². The molecule has 0 unspecified atom stereocenters. The molecule has 3 N–H and O–H groups in total. The number of phenols is 1. The maximum atomic E-state index is 9.55. The Morgan fingerprint density at radius 1 is 1.11 bits per heavy atom. The van der Waals surface area contributed by atoms with Crippen molar-refractivity contribution < 1.29 is 5.11 Å². The fourth-order valence-electron chi connectivity index (χ4n) is 2.19. The highest BCUT2D eigenvalue weighted by atomic mass is 16.3. The molecule has 0 saturated heterocycles. The summed E-state index contributed by atoms with van der Waals surface area (Å²) in [5.74, 6) is 1.15. The van der Waals surface area contributed by atoms with Crippen molar-refractivity contribution in [3.63, 3.8) is 0 Å². The normalized spacial score (nSPS) is 11.1. The van der Waals surface area contributed by atoms with Crippen LogP contribution in [0.25, 0.3) is 0 Å². The van der Waals surface area contributed by atoms with Gasteiger partial charge in [0.05, 0.1) is 0 Å². The van der Waals surface area contributed by atoms with Crippen molar-refractivity contribution in [3.8, 4) is 5.75 Å². The third kappa shape index (κ3) is 5.54. The molecule has 102 valence electrons. The molecule has 0 aliphatic carbocycles. The van der Waals surface area contributed by atoms with Crippen LogP contribution in [0.15, 0.2) is 18.2 Å². The lowest BCUT2D eigenvalue weighted by Crippen LogP contribution is -1.98. The number of aromatic hydroxyl groups is 1. The number of rotatable bonds is 8. The van der Waals surface area contributed by atoms with Gasteiger partial charge in [-0.05, 0) is 30.4 Å². The molecule has 1 aromatic rings. The summed E-state index contributed by atoms with van der Waals surface area (Å²) in [7, 11) is 0. The van der Waals surface area contributed by atoms with Crippen LogP contribution in [0.4, 0.5) is 0 Å². The van der Waals surface area contributed by atoms with Gasteiger partial charge in [0.25, 0.3) is 0 Å². The number of hydrogen-bond donors (Lipinski definition) is 2. The maximum absolute atomic E-state index is 9.55. The van der Waals surface area contributed by atoms with E-state index in [1.54, 1.807) is 6.07 Å². The highest BCUT2D eigenvalue weighted by Gasteiger charge is 2.01. The minimum atomic E-state index is 0.318. The molecule has 1 aromatic carbocycles. The highest BCUT2D eigenvalue weighted by molar-refractivity contribution is 5.36. The largest absolute Gasteiger partial charge is 0.508 e. The molecule has 0 spiro atoms. The van der Waals surface area contributed by atoms with Gasteiger partial charge in [-0.3, -0.25) is 0 Å². The van der Waals surface area contributed by atoms with Gasteiger partial charge in [-0.1, -0.05) is 51.7 Å². The molecule has 2 nitrogen and oxygen atoms in total. The fourth-order valence-corrected chi connectivity index (χ4v) is 2.19. The second-order valence-electron chi connectivity index (χ2n) is 5.51. The Bertz CT molecular complexity index is 347. The minimum absolute atomic E-state index is 0.318. The van der Waals surface area contributed by atoms with Crippen molar-refractivity contribution in [2.45, 2.75) is 58.9 Å². The number of unbranched alkanes of at least 4 members (excludes halogenated alkanes) is 3. The lowest BCUT2D eigenvalue weighted by Gasteiger charge is -2.07. The molecular weight excluding hydrogens is 222 g/mol. The topological polar surface area (TPSA) is 46.2 Å². The Kier molecular flexibility index (Phi) is 6.81. The van der Waals surface area contributed by atoms with Crippen LogP contribution < -0.4 is 5.73 Å². The lowest BCUT2D eigenvalue weighted by molar-refractivity contribution is 0.468. The third-order valence-corrected chi connectivity index (χ3v) is 3.36. The molecule has 1 rings (SSSR count). The first kappa shape index (κ1) is 15.0. The van der Waals surface area contributed by atoms with Crippen LogP contribution in [0.2, 0.25) is 0 Å². The van der Waals surface area contributed by atoms with Crippen molar-refractivity contribution in [2.24, 2.45) is 11.7 Å². The first-order valence-corrected chi connectivity index (χ1v) is 7.14. The SMILES string of the molecule is CC(C)CCCCCCc1ccc(O)c(CN)c1. The van der Waals surface area contributed by atoms with E-state index < -0.39 is 0 Å². The van der Waals surface area contributed by atoms with E-state index in [9.17, 15) is 5.11 Å². The fraction of sp³-hybridized carbons (Fsp3) is 0.625. The van der Waals surface area contributed by atoms with E-state index >= 15 is 0 Å². The third-order valence-electron chi connectivity index (χ3n) is 3.36. The summed E-state index contributed by atoms with van der Waals surface area (Å²) in [6, 6.07) is 5.79. The van der Waals surface area contributed by atoms with E-state index in [-0.39, 0.29) is 0 Å². The summed E-state index contributed by atoms with van der Waals surface area (Å²) in [4.78, 5) is 0. The first-order valence-electron chi connectivity index (χ1n) is 7.14. The van der Waals surface area contributed by atoms with Crippen LogP contribution in [-0.2, 0) is 13.0 Å². The van der Waals surface area contributed by atoms with E-state index in [4.69, 9.17) is 5.73 Å². The number of phenolic OH excluding ortho intramolecular Hbond substituents is 1. The predicted octanol–water partition coefficient (Wildman–Crippen LogP) is 4.00. The molecule has 0 aromatic heterocycles. The van der Waals surface area contributed by atoms with Crippen LogP contribution in [0.1, 0.15) is 57.1 Å². The number of benzene rings is 1. The molecule has 0 fully saturated rings. The van der Waals surface area contributed by atoms with E-state index in [1.165, 1.54) is 37.7 Å². The Morgan fingerprint density at radius 2 is 1.83 bits per heavy atom. The summed E-state index contributed by atoms with van der Waals surface area (Å²) >= 11 is 0. The molecule has 0 bridgehead atoms. The zero-order chi connectivity index (χ0) is 13.4. The zero-order valence-electron chi connectivity index (χ0n) is 11.8. The molecule has 0 aliphatic rings. The average Bonchev–Trinajstić information content (AvgIpc) is 2.35. The molecule has 18 heavy (non-hydrogen) atoms. The van der Waals surface area contributed by atoms with Gasteiger partial charge in [-0.15, -0.1) is 0 Å². The monoisotopic (exact) mass is 249 g/mol. The number of nitrogens with two attached hydrogens (primary N) is 1. The van der Waals surface area contributed by atoms with Crippen LogP contribution in [-0.4, -0.2) is 5.11 Å². The van der Waals surface area contributed by atoms with Crippen LogP contribution in [0.5, 0.6) is 5.75 Å². The number of hydrogen-bond acceptors (Lipinski definition) is 2. The van der Waals surface area contributed by atoms with E-state index in [0.29, 0.717) is 12.3 Å². The lowest BCUT2D eigenvalue weighted by atomic mass is 10.0. The van der Waals surface area contributed by atoms with Gasteiger partial charge in [0.15, 0.2) is 0 Å². The summed E-state index contributed by atoms with van der Waals surface area (Å²) in [6.45, 7) is 4.98. The first-order chi connectivity index (χ1) is 8.63. The Balaban J connectivity index is 2.23. The Hall–Kier alpha value is -1.02. The quantitative estimate of drug-likeness (QED) is 0.684. The molecule has 0 heterocycles. The maximum Gasteiger partial charge on any atom is 0.120 e. The van der Waals surface area contributed by atoms with Crippen LogP contribution in [0.3, 0.4) is 0 Å². The summed E-state index contributed by atoms with van der Waals surface area (Å²) < 4.78 is 0. The van der Waals surface area contributed by atoms with Gasteiger partial charge >= 0.3 is 0 Å². The summed E-state index contributed by atoms with van der Waals surface area (Å²) in [5, 5.41) is 9.55. The predicted molar refractivity (Wildman–Crippen MR) is 77.6 cm³/mol. The standard InChI is InChI=1S/C16H27NO/c1-13(2)7-5-3-4-6-8-14-9-10-16(18)15(11-14)12-17/h9-11,13,18H,3-8,12,17H2,1-2H3. The molecule has 0 aliphatic heterocycles. The van der Waals surface area contributed by atoms with Gasteiger partial charge in [0.1, 0.15) is 5.75 Å². The molecule has 0 saturated carbocycles. The van der Waals surface area contributed by atoms with Crippen molar-refractivity contribution in [2.75, 3.05) is 0 Å². The smallest absolute Gasteiger partial charge is 0.120 e. The van der Waals surface area contributed by atoms with Gasteiger partial charge in [-0.25, -0.2) is 0 Å². The van der Waals surface area contributed by atoms with Crippen molar-refractivity contribution in [1.82, 2.24) is 0 Å². The molecule has 0 atom stereocenters. The second kappa shape index (κ2) is 8.15. The van der Waals surface area contributed by atoms with Gasteiger partial charge in [0, 0.05) is 12.1 Å². The zero-order valence-corrected chi connectivity index (χ0v) is 11.8. The van der Waals surface area contributed by atoms with Gasteiger partial charge in [0.2, 0.25) is 0 Å². The summed E-state index contributed by atoms with van der Waals surface area (Å²) in [5.41, 5.74) is 7.73. The molecular formula is C16H27NO.